The molecule has 10 heteroatoms. The van der Waals surface area contributed by atoms with Crippen LogP contribution < -0.4 is 10.1 Å². The van der Waals surface area contributed by atoms with Gasteiger partial charge in [0.15, 0.2) is 20.0 Å². The standard InChI is InChI=1S/C21H22N4O4S2/c1-14-11-23-21(30-14)24-16-5-7-18(15(10-16)13-25-9-3-4-20(25)26)29-17-6-8-19(22-12-17)31(2,27)28/h5-8,10-12H,3-4,9,13H2,1-2H3,(H,23,24). The molecule has 1 fully saturated rings. The Morgan fingerprint density at radius 2 is 2.03 bits per heavy atom. The molecule has 0 saturated carbocycles. The van der Waals surface area contributed by atoms with Crippen molar-refractivity contribution in [3.63, 3.8) is 0 Å². The van der Waals surface area contributed by atoms with Gasteiger partial charge >= 0.3 is 0 Å². The van der Waals surface area contributed by atoms with Gasteiger partial charge in [-0.15, -0.1) is 11.3 Å². The Hall–Kier alpha value is -2.98. The summed E-state index contributed by atoms with van der Waals surface area (Å²) in [5.41, 5.74) is 1.68. The van der Waals surface area contributed by atoms with Gasteiger partial charge in [0.25, 0.3) is 0 Å². The van der Waals surface area contributed by atoms with Crippen LogP contribution in [0.2, 0.25) is 0 Å². The van der Waals surface area contributed by atoms with E-state index in [0.717, 1.165) is 33.9 Å². The monoisotopic (exact) mass is 458 g/mol. The minimum Gasteiger partial charge on any atom is -0.455 e. The number of amides is 1. The molecule has 0 bridgehead atoms. The van der Waals surface area contributed by atoms with Gasteiger partial charge in [-0.25, -0.2) is 18.4 Å². The molecule has 8 nitrogen and oxygen atoms in total. The fourth-order valence-electron chi connectivity index (χ4n) is 3.27. The maximum atomic E-state index is 12.2. The van der Waals surface area contributed by atoms with Crippen LogP contribution in [0.1, 0.15) is 23.3 Å². The number of hydrogen-bond donors (Lipinski definition) is 1. The molecule has 0 radical (unpaired) electrons. The number of hydrogen-bond acceptors (Lipinski definition) is 8. The fraction of sp³-hybridized carbons (Fsp3) is 0.286. The summed E-state index contributed by atoms with van der Waals surface area (Å²) < 4.78 is 29.2. The minimum atomic E-state index is -3.38. The minimum absolute atomic E-state index is 0.0129. The van der Waals surface area contributed by atoms with Gasteiger partial charge in [0.2, 0.25) is 5.91 Å². The Labute approximate surface area is 184 Å². The van der Waals surface area contributed by atoms with Crippen LogP contribution in [0.5, 0.6) is 11.5 Å². The first-order valence-corrected chi connectivity index (χ1v) is 12.4. The first-order valence-electron chi connectivity index (χ1n) is 9.72. The molecule has 4 rings (SSSR count). The lowest BCUT2D eigenvalue weighted by Gasteiger charge is -2.19. The molecule has 1 aliphatic rings. The zero-order chi connectivity index (χ0) is 22.0. The number of pyridine rings is 1. The van der Waals surface area contributed by atoms with E-state index in [-0.39, 0.29) is 10.9 Å². The first-order chi connectivity index (χ1) is 14.8. The third kappa shape index (κ3) is 5.20. The number of likely N-dealkylation sites (tertiary alicyclic amines) is 1. The number of sulfone groups is 1. The van der Waals surface area contributed by atoms with Crippen molar-refractivity contribution in [2.24, 2.45) is 0 Å². The number of carbonyl (C=O) groups excluding carboxylic acids is 1. The molecule has 2 aromatic heterocycles. The number of benzene rings is 1. The van der Waals surface area contributed by atoms with Crippen LogP contribution >= 0.6 is 11.3 Å². The predicted molar refractivity (Wildman–Crippen MR) is 119 cm³/mol. The van der Waals surface area contributed by atoms with Gasteiger partial charge in [0, 0.05) is 48.1 Å². The Balaban J connectivity index is 1.61. The fourth-order valence-corrected chi connectivity index (χ4v) is 4.51. The first kappa shape index (κ1) is 21.3. The Kier molecular flexibility index (Phi) is 5.92. The predicted octanol–water partition coefficient (Wildman–Crippen LogP) is 3.91. The summed E-state index contributed by atoms with van der Waals surface area (Å²) in [6.45, 7) is 3.13. The molecule has 1 aliphatic heterocycles. The Bertz CT molecular complexity index is 1210. The lowest BCUT2D eigenvalue weighted by molar-refractivity contribution is -0.128. The van der Waals surface area contributed by atoms with E-state index in [4.69, 9.17) is 4.74 Å². The molecule has 0 atom stereocenters. The van der Waals surface area contributed by atoms with E-state index in [1.54, 1.807) is 23.6 Å². The van der Waals surface area contributed by atoms with Crippen LogP contribution in [-0.4, -0.2) is 42.0 Å². The number of rotatable bonds is 7. The van der Waals surface area contributed by atoms with Crippen LogP contribution in [0, 0.1) is 6.92 Å². The van der Waals surface area contributed by atoms with Gasteiger partial charge in [-0.2, -0.15) is 0 Å². The summed E-state index contributed by atoms with van der Waals surface area (Å²) in [7, 11) is -3.38. The highest BCUT2D eigenvalue weighted by Gasteiger charge is 2.22. The van der Waals surface area contributed by atoms with E-state index < -0.39 is 9.84 Å². The zero-order valence-electron chi connectivity index (χ0n) is 17.2. The molecular weight excluding hydrogens is 436 g/mol. The molecule has 31 heavy (non-hydrogen) atoms. The van der Waals surface area contributed by atoms with Crippen LogP contribution in [0.15, 0.2) is 47.8 Å². The van der Waals surface area contributed by atoms with Gasteiger partial charge in [0.1, 0.15) is 11.5 Å². The smallest absolute Gasteiger partial charge is 0.222 e. The van der Waals surface area contributed by atoms with E-state index in [1.807, 2.05) is 30.0 Å². The quantitative estimate of drug-likeness (QED) is 0.573. The molecule has 3 heterocycles. The second-order valence-electron chi connectivity index (χ2n) is 7.35. The summed E-state index contributed by atoms with van der Waals surface area (Å²) in [5.74, 6) is 1.12. The van der Waals surface area contributed by atoms with Crippen molar-refractivity contribution in [2.75, 3.05) is 18.1 Å². The third-order valence-corrected chi connectivity index (χ3v) is 6.61. The SMILES string of the molecule is Cc1cnc(Nc2ccc(Oc3ccc(S(C)(=O)=O)nc3)c(CN3CCCC3=O)c2)s1. The summed E-state index contributed by atoms with van der Waals surface area (Å²) in [6, 6.07) is 8.62. The van der Waals surface area contributed by atoms with Gasteiger partial charge in [-0.1, -0.05) is 0 Å². The summed E-state index contributed by atoms with van der Waals surface area (Å²) in [5, 5.41) is 4.06. The number of nitrogens with one attached hydrogen (secondary N) is 1. The van der Waals surface area contributed by atoms with Crippen LogP contribution in [0.4, 0.5) is 10.8 Å². The molecule has 3 aromatic rings. The lowest BCUT2D eigenvalue weighted by Crippen LogP contribution is -2.24. The number of aryl methyl sites for hydroxylation is 1. The van der Waals surface area contributed by atoms with Crippen LogP contribution in [0.25, 0.3) is 0 Å². The Morgan fingerprint density at radius 1 is 1.19 bits per heavy atom. The Morgan fingerprint density at radius 3 is 2.65 bits per heavy atom. The van der Waals surface area contributed by atoms with Crippen molar-refractivity contribution in [1.82, 2.24) is 14.9 Å². The van der Waals surface area contributed by atoms with Gasteiger partial charge in [-0.05, 0) is 43.7 Å². The topological polar surface area (TPSA) is 101 Å². The second-order valence-corrected chi connectivity index (χ2v) is 10.5. The molecule has 1 saturated heterocycles. The highest BCUT2D eigenvalue weighted by Crippen LogP contribution is 2.32. The van der Waals surface area contributed by atoms with Crippen molar-refractivity contribution in [2.45, 2.75) is 31.3 Å². The highest BCUT2D eigenvalue weighted by molar-refractivity contribution is 7.90. The van der Waals surface area contributed by atoms with Crippen molar-refractivity contribution < 1.29 is 17.9 Å². The normalized spacial score (nSPS) is 14.1. The number of thiazole rings is 1. The van der Waals surface area contributed by atoms with Crippen molar-refractivity contribution in [1.29, 1.82) is 0 Å². The maximum absolute atomic E-state index is 12.2. The van der Waals surface area contributed by atoms with Gasteiger partial charge in [-0.3, -0.25) is 4.79 Å². The lowest BCUT2D eigenvalue weighted by atomic mass is 10.1. The van der Waals surface area contributed by atoms with Gasteiger partial charge < -0.3 is 15.0 Å². The van der Waals surface area contributed by atoms with Crippen LogP contribution in [-0.2, 0) is 21.2 Å². The van der Waals surface area contributed by atoms with Crippen molar-refractivity contribution in [3.05, 3.63) is 53.2 Å². The second kappa shape index (κ2) is 8.64. The molecule has 0 spiro atoms. The molecule has 162 valence electrons. The van der Waals surface area contributed by atoms with Crippen molar-refractivity contribution in [3.8, 4) is 11.5 Å². The average molecular weight is 459 g/mol. The molecule has 1 N–H and O–H groups in total. The van der Waals surface area contributed by atoms with E-state index >= 15 is 0 Å². The molecular formula is C21H22N4O4S2. The molecule has 0 aliphatic carbocycles. The third-order valence-electron chi connectivity index (χ3n) is 4.78. The summed E-state index contributed by atoms with van der Waals surface area (Å²) in [4.78, 5) is 23.4. The van der Waals surface area contributed by atoms with E-state index in [0.29, 0.717) is 31.0 Å². The highest BCUT2D eigenvalue weighted by atomic mass is 32.2. The number of nitrogens with zero attached hydrogens (tertiary/aromatic N) is 3. The number of aromatic nitrogens is 2. The number of carbonyl (C=O) groups is 1. The van der Waals surface area contributed by atoms with E-state index in [1.165, 1.54) is 12.3 Å². The average Bonchev–Trinajstić information content (AvgIpc) is 3.31. The van der Waals surface area contributed by atoms with Crippen LogP contribution in [0.3, 0.4) is 0 Å². The molecule has 0 unspecified atom stereocenters. The largest absolute Gasteiger partial charge is 0.455 e. The summed E-state index contributed by atoms with van der Waals surface area (Å²) >= 11 is 1.56. The zero-order valence-corrected chi connectivity index (χ0v) is 18.8. The molecule has 1 aromatic carbocycles. The number of anilines is 2. The van der Waals surface area contributed by atoms with Gasteiger partial charge in [0.05, 0.1) is 6.20 Å². The molecule has 1 amide bonds. The number of ether oxygens (including phenoxy) is 1. The maximum Gasteiger partial charge on any atom is 0.222 e. The van der Waals surface area contributed by atoms with Crippen molar-refractivity contribution >= 4 is 37.9 Å². The summed E-state index contributed by atoms with van der Waals surface area (Å²) in [6.07, 6.45) is 5.70. The van der Waals surface area contributed by atoms with E-state index in [9.17, 15) is 13.2 Å². The van der Waals surface area contributed by atoms with E-state index in [2.05, 4.69) is 15.3 Å².